The number of halogens is 1. The Hall–Kier alpha value is -3.15. The molecule has 2 atom stereocenters. The van der Waals surface area contributed by atoms with Crippen LogP contribution in [-0.2, 0) is 17.9 Å². The van der Waals surface area contributed by atoms with E-state index in [2.05, 4.69) is 22.6 Å². The number of hydrogen-bond acceptors (Lipinski definition) is 3. The molecule has 3 aromatic rings. The van der Waals surface area contributed by atoms with E-state index < -0.39 is 0 Å². The molecular formula is C28H30ClN3O2. The first-order valence-electron chi connectivity index (χ1n) is 11.6. The maximum Gasteiger partial charge on any atom is 0.251 e. The molecule has 0 unspecified atom stereocenters. The monoisotopic (exact) mass is 475 g/mol. The molecular weight excluding hydrogens is 446 g/mol. The first-order valence-corrected chi connectivity index (χ1v) is 12.0. The highest BCUT2D eigenvalue weighted by Gasteiger charge is 2.34. The van der Waals surface area contributed by atoms with E-state index in [0.29, 0.717) is 23.7 Å². The van der Waals surface area contributed by atoms with Crippen LogP contribution in [0.1, 0.15) is 39.4 Å². The van der Waals surface area contributed by atoms with E-state index in [1.807, 2.05) is 66.7 Å². The van der Waals surface area contributed by atoms with Crippen molar-refractivity contribution in [2.45, 2.75) is 25.4 Å². The smallest absolute Gasteiger partial charge is 0.251 e. The molecule has 3 aromatic carbocycles. The van der Waals surface area contributed by atoms with Gasteiger partial charge in [-0.2, -0.15) is 0 Å². The molecule has 1 aliphatic rings. The number of piperidine rings is 1. The molecule has 6 heteroatoms. The molecule has 1 fully saturated rings. The average Bonchev–Trinajstić information content (AvgIpc) is 2.87. The van der Waals surface area contributed by atoms with Crippen molar-refractivity contribution in [1.82, 2.24) is 15.5 Å². The van der Waals surface area contributed by atoms with Crippen molar-refractivity contribution in [3.8, 4) is 0 Å². The summed E-state index contributed by atoms with van der Waals surface area (Å²) in [7, 11) is 2.06. The quantitative estimate of drug-likeness (QED) is 0.524. The number of carbonyl (C=O) groups excluding carboxylic acids is 2. The van der Waals surface area contributed by atoms with E-state index in [1.54, 1.807) is 12.1 Å². The Bertz CT molecular complexity index is 1100. The van der Waals surface area contributed by atoms with E-state index in [9.17, 15) is 9.59 Å². The third kappa shape index (κ3) is 6.25. The minimum Gasteiger partial charge on any atom is -0.352 e. The topological polar surface area (TPSA) is 61.4 Å². The van der Waals surface area contributed by atoms with Gasteiger partial charge in [-0.25, -0.2) is 0 Å². The van der Waals surface area contributed by atoms with Gasteiger partial charge in [0.25, 0.3) is 5.91 Å². The van der Waals surface area contributed by atoms with Gasteiger partial charge in [0, 0.05) is 30.2 Å². The van der Waals surface area contributed by atoms with Crippen molar-refractivity contribution in [3.63, 3.8) is 0 Å². The largest absolute Gasteiger partial charge is 0.352 e. The minimum atomic E-state index is -0.104. The van der Waals surface area contributed by atoms with Crippen molar-refractivity contribution in [2.75, 3.05) is 20.1 Å². The normalized spacial score (nSPS) is 18.3. The first-order chi connectivity index (χ1) is 16.5. The summed E-state index contributed by atoms with van der Waals surface area (Å²) in [6.45, 7) is 2.64. The number of likely N-dealkylation sites (tertiary alicyclic amines) is 1. The second-order valence-corrected chi connectivity index (χ2v) is 9.33. The van der Waals surface area contributed by atoms with Gasteiger partial charge in [-0.15, -0.1) is 0 Å². The molecule has 0 bridgehead atoms. The number of carbonyl (C=O) groups is 2. The molecule has 2 amide bonds. The zero-order chi connectivity index (χ0) is 23.9. The van der Waals surface area contributed by atoms with Gasteiger partial charge in [0.15, 0.2) is 0 Å². The second-order valence-electron chi connectivity index (χ2n) is 8.90. The third-order valence-electron chi connectivity index (χ3n) is 6.43. The predicted molar refractivity (Wildman–Crippen MR) is 136 cm³/mol. The summed E-state index contributed by atoms with van der Waals surface area (Å²) >= 11 is 6.06. The highest BCUT2D eigenvalue weighted by molar-refractivity contribution is 6.30. The van der Waals surface area contributed by atoms with Gasteiger partial charge in [0.2, 0.25) is 5.91 Å². The molecule has 1 saturated heterocycles. The molecule has 176 valence electrons. The summed E-state index contributed by atoms with van der Waals surface area (Å²) in [5.41, 5.74) is 3.85. The standard InChI is InChI=1S/C28H30ClN3O2/c1-32-16-15-25(22-11-13-24(29)14-12-22)26(19-32)28(34)31-18-21-9-7-20(8-10-21)17-30-27(33)23-5-3-2-4-6-23/h2-14,25-26H,15-19H2,1H3,(H,30,33)(H,31,34)/t25-,26+/m0/s1. The summed E-state index contributed by atoms with van der Waals surface area (Å²) in [5.74, 6) is 0.0619. The molecule has 2 N–H and O–H groups in total. The van der Waals surface area contributed by atoms with Gasteiger partial charge in [0.1, 0.15) is 0 Å². The van der Waals surface area contributed by atoms with Crippen LogP contribution >= 0.6 is 11.6 Å². The third-order valence-corrected chi connectivity index (χ3v) is 6.68. The summed E-state index contributed by atoms with van der Waals surface area (Å²) < 4.78 is 0. The number of nitrogens with zero attached hydrogens (tertiary/aromatic N) is 1. The van der Waals surface area contributed by atoms with Gasteiger partial charge >= 0.3 is 0 Å². The van der Waals surface area contributed by atoms with E-state index in [0.717, 1.165) is 30.6 Å². The fourth-order valence-electron chi connectivity index (χ4n) is 4.46. The molecule has 4 rings (SSSR count). The van der Waals surface area contributed by atoms with Gasteiger partial charge in [-0.1, -0.05) is 66.2 Å². The lowest BCUT2D eigenvalue weighted by Gasteiger charge is -2.36. The number of nitrogens with one attached hydrogen (secondary N) is 2. The molecule has 0 saturated carbocycles. The van der Waals surface area contributed by atoms with Crippen LogP contribution in [-0.4, -0.2) is 36.9 Å². The van der Waals surface area contributed by atoms with E-state index in [1.165, 1.54) is 5.56 Å². The van der Waals surface area contributed by atoms with Gasteiger partial charge in [-0.05, 0) is 66.9 Å². The fourth-order valence-corrected chi connectivity index (χ4v) is 4.58. The van der Waals surface area contributed by atoms with Crippen LogP contribution in [0.3, 0.4) is 0 Å². The molecule has 0 aliphatic carbocycles. The summed E-state index contributed by atoms with van der Waals surface area (Å²) in [4.78, 5) is 27.6. The van der Waals surface area contributed by atoms with Crippen LogP contribution in [0.4, 0.5) is 0 Å². The highest BCUT2D eigenvalue weighted by Crippen LogP contribution is 2.33. The maximum absolute atomic E-state index is 13.1. The molecule has 5 nitrogen and oxygen atoms in total. The second kappa shape index (κ2) is 11.3. The van der Waals surface area contributed by atoms with Crippen LogP contribution in [0, 0.1) is 5.92 Å². The molecule has 0 radical (unpaired) electrons. The Labute approximate surface area is 206 Å². The van der Waals surface area contributed by atoms with Gasteiger partial charge in [0.05, 0.1) is 5.92 Å². The van der Waals surface area contributed by atoms with Crippen LogP contribution in [0.2, 0.25) is 5.02 Å². The van der Waals surface area contributed by atoms with Crippen molar-refractivity contribution in [3.05, 3.63) is 106 Å². The molecule has 1 aliphatic heterocycles. The van der Waals surface area contributed by atoms with E-state index in [-0.39, 0.29) is 23.7 Å². The molecule has 34 heavy (non-hydrogen) atoms. The lowest BCUT2D eigenvalue weighted by Crippen LogP contribution is -2.45. The Morgan fingerprint density at radius 2 is 1.50 bits per heavy atom. The van der Waals surface area contributed by atoms with Gasteiger partial charge < -0.3 is 15.5 Å². The average molecular weight is 476 g/mol. The number of benzene rings is 3. The Balaban J connectivity index is 1.31. The van der Waals surface area contributed by atoms with Crippen LogP contribution in [0.25, 0.3) is 0 Å². The molecule has 0 aromatic heterocycles. The number of hydrogen-bond donors (Lipinski definition) is 2. The minimum absolute atomic E-state index is 0.0747. The summed E-state index contributed by atoms with van der Waals surface area (Å²) in [5, 5.41) is 6.77. The Kier molecular flexibility index (Phi) is 7.99. The predicted octanol–water partition coefficient (Wildman–Crippen LogP) is 4.62. The lowest BCUT2D eigenvalue weighted by atomic mass is 9.80. The van der Waals surface area contributed by atoms with Crippen LogP contribution in [0.15, 0.2) is 78.9 Å². The fraction of sp³-hybridized carbons (Fsp3) is 0.286. The van der Waals surface area contributed by atoms with Crippen molar-refractivity contribution < 1.29 is 9.59 Å². The van der Waals surface area contributed by atoms with Crippen LogP contribution in [0.5, 0.6) is 0 Å². The molecule has 0 spiro atoms. The van der Waals surface area contributed by atoms with E-state index >= 15 is 0 Å². The number of rotatable bonds is 7. The lowest BCUT2D eigenvalue weighted by molar-refractivity contribution is -0.127. The Morgan fingerprint density at radius 1 is 0.882 bits per heavy atom. The molecule has 1 heterocycles. The van der Waals surface area contributed by atoms with Crippen LogP contribution < -0.4 is 10.6 Å². The van der Waals surface area contributed by atoms with E-state index in [4.69, 9.17) is 11.6 Å². The Morgan fingerprint density at radius 3 is 2.15 bits per heavy atom. The zero-order valence-electron chi connectivity index (χ0n) is 19.3. The van der Waals surface area contributed by atoms with Gasteiger partial charge in [-0.3, -0.25) is 9.59 Å². The maximum atomic E-state index is 13.1. The first kappa shape index (κ1) is 24.0. The number of amides is 2. The summed E-state index contributed by atoms with van der Waals surface area (Å²) in [6, 6.07) is 25.0. The van der Waals surface area contributed by atoms with Crippen molar-refractivity contribution in [1.29, 1.82) is 0 Å². The summed E-state index contributed by atoms with van der Waals surface area (Å²) in [6.07, 6.45) is 0.944. The van der Waals surface area contributed by atoms with Crippen molar-refractivity contribution >= 4 is 23.4 Å². The SMILES string of the molecule is CN1CC[C@@H](c2ccc(Cl)cc2)[C@H](C(=O)NCc2ccc(CNC(=O)c3ccccc3)cc2)C1. The zero-order valence-corrected chi connectivity index (χ0v) is 20.1. The van der Waals surface area contributed by atoms with Crippen molar-refractivity contribution in [2.24, 2.45) is 5.92 Å². The highest BCUT2D eigenvalue weighted by atomic mass is 35.5.